The molecule has 0 aliphatic heterocycles. The minimum absolute atomic E-state index is 0.129. The number of benzene rings is 3. The summed E-state index contributed by atoms with van der Waals surface area (Å²) in [7, 11) is 0. The third-order valence-corrected chi connectivity index (χ3v) is 5.51. The molecule has 0 unspecified atom stereocenters. The summed E-state index contributed by atoms with van der Waals surface area (Å²) < 4.78 is 45.6. The third kappa shape index (κ3) is 4.23. The molecule has 0 spiro atoms. The molecule has 160 valence electrons. The van der Waals surface area contributed by atoms with Gasteiger partial charge < -0.3 is 0 Å². The monoisotopic (exact) mass is 421 g/mol. The van der Waals surface area contributed by atoms with Gasteiger partial charge in [-0.1, -0.05) is 90.1 Å². The number of nitriles is 1. The molecule has 1 nitrogen and oxygen atoms in total. The van der Waals surface area contributed by atoms with Crippen LogP contribution in [0.15, 0.2) is 48.5 Å². The fourth-order valence-electron chi connectivity index (χ4n) is 3.54. The second-order valence-corrected chi connectivity index (χ2v) is 9.83. The van der Waals surface area contributed by atoms with Gasteiger partial charge in [-0.15, -0.1) is 0 Å². The van der Waals surface area contributed by atoms with Crippen LogP contribution in [0.5, 0.6) is 0 Å². The van der Waals surface area contributed by atoms with Crippen molar-refractivity contribution in [3.8, 4) is 28.3 Å². The smallest absolute Gasteiger partial charge is 0.154 e. The molecule has 3 aromatic rings. The third-order valence-electron chi connectivity index (χ3n) is 5.51. The van der Waals surface area contributed by atoms with Crippen molar-refractivity contribution in [2.24, 2.45) is 0 Å². The van der Waals surface area contributed by atoms with Gasteiger partial charge in [-0.2, -0.15) is 5.26 Å². The Morgan fingerprint density at radius 3 is 1.16 bits per heavy atom. The topological polar surface area (TPSA) is 23.8 Å². The summed E-state index contributed by atoms with van der Waals surface area (Å²) in [5.41, 5.74) is 0.675. The zero-order valence-corrected chi connectivity index (χ0v) is 18.7. The highest BCUT2D eigenvalue weighted by molar-refractivity contribution is 5.78. The minimum Gasteiger partial charge on any atom is -0.205 e. The van der Waals surface area contributed by atoms with Gasteiger partial charge in [0.25, 0.3) is 0 Å². The molecule has 0 heterocycles. The lowest BCUT2D eigenvalue weighted by Crippen LogP contribution is -2.11. The van der Waals surface area contributed by atoms with E-state index >= 15 is 13.2 Å². The van der Waals surface area contributed by atoms with Gasteiger partial charge >= 0.3 is 0 Å². The van der Waals surface area contributed by atoms with E-state index < -0.39 is 34.1 Å². The SMILES string of the molecule is CC(C)(C)c1ccc(-c2c(F)c(C#N)c(F)c(-c3ccc(C(C)(C)C)cc3)c2F)cc1. The van der Waals surface area contributed by atoms with Crippen LogP contribution in [-0.2, 0) is 10.8 Å². The lowest BCUT2D eigenvalue weighted by Gasteiger charge is -2.20. The van der Waals surface area contributed by atoms with Crippen LogP contribution in [0.25, 0.3) is 22.3 Å². The van der Waals surface area contributed by atoms with Crippen LogP contribution in [0.4, 0.5) is 13.2 Å². The molecule has 0 aromatic heterocycles. The number of hydrogen-bond acceptors (Lipinski definition) is 1. The second kappa shape index (κ2) is 7.89. The van der Waals surface area contributed by atoms with Crippen molar-refractivity contribution in [2.75, 3.05) is 0 Å². The first-order valence-corrected chi connectivity index (χ1v) is 10.2. The highest BCUT2D eigenvalue weighted by Gasteiger charge is 2.27. The summed E-state index contributed by atoms with van der Waals surface area (Å²) in [5, 5.41) is 9.38. The van der Waals surface area contributed by atoms with E-state index in [0.29, 0.717) is 0 Å². The Morgan fingerprint density at radius 1 is 0.581 bits per heavy atom. The van der Waals surface area contributed by atoms with E-state index in [1.54, 1.807) is 54.6 Å². The van der Waals surface area contributed by atoms with Gasteiger partial charge in [0.1, 0.15) is 17.4 Å². The van der Waals surface area contributed by atoms with Crippen molar-refractivity contribution in [1.82, 2.24) is 0 Å². The molecule has 3 aromatic carbocycles. The van der Waals surface area contributed by atoms with Crippen molar-refractivity contribution in [3.63, 3.8) is 0 Å². The van der Waals surface area contributed by atoms with Crippen molar-refractivity contribution < 1.29 is 13.2 Å². The van der Waals surface area contributed by atoms with Crippen LogP contribution in [0.1, 0.15) is 58.2 Å². The van der Waals surface area contributed by atoms with Crippen LogP contribution >= 0.6 is 0 Å². The fraction of sp³-hybridized carbons (Fsp3) is 0.296. The molecule has 0 fully saturated rings. The molecule has 31 heavy (non-hydrogen) atoms. The van der Waals surface area contributed by atoms with E-state index in [-0.39, 0.29) is 22.0 Å². The van der Waals surface area contributed by atoms with E-state index in [4.69, 9.17) is 0 Å². The highest BCUT2D eigenvalue weighted by atomic mass is 19.1. The molecule has 0 radical (unpaired) electrons. The van der Waals surface area contributed by atoms with Gasteiger partial charge in [-0.3, -0.25) is 0 Å². The van der Waals surface area contributed by atoms with Crippen molar-refractivity contribution in [3.05, 3.63) is 82.7 Å². The Kier molecular flexibility index (Phi) is 5.76. The molecule has 0 saturated heterocycles. The van der Waals surface area contributed by atoms with Gasteiger partial charge in [0.05, 0.1) is 11.1 Å². The lowest BCUT2D eigenvalue weighted by atomic mass is 9.85. The first-order valence-electron chi connectivity index (χ1n) is 10.2. The lowest BCUT2D eigenvalue weighted by molar-refractivity contribution is 0.548. The van der Waals surface area contributed by atoms with Gasteiger partial charge in [0, 0.05) is 0 Å². The van der Waals surface area contributed by atoms with Crippen molar-refractivity contribution >= 4 is 0 Å². The molecule has 0 atom stereocenters. The minimum atomic E-state index is -1.18. The van der Waals surface area contributed by atoms with E-state index in [1.165, 1.54) is 0 Å². The van der Waals surface area contributed by atoms with E-state index in [1.807, 2.05) is 41.5 Å². The Labute approximate surface area is 182 Å². The van der Waals surface area contributed by atoms with E-state index in [2.05, 4.69) is 0 Å². The normalized spacial score (nSPS) is 12.0. The zero-order chi connectivity index (χ0) is 23.1. The van der Waals surface area contributed by atoms with Crippen LogP contribution in [0.3, 0.4) is 0 Å². The Balaban J connectivity index is 2.24. The predicted molar refractivity (Wildman–Crippen MR) is 119 cm³/mol. The summed E-state index contributed by atoms with van der Waals surface area (Å²) in [6, 6.07) is 15.2. The first-order chi connectivity index (χ1) is 14.4. The summed E-state index contributed by atoms with van der Waals surface area (Å²) in [6.45, 7) is 12.2. The summed E-state index contributed by atoms with van der Waals surface area (Å²) in [4.78, 5) is 0. The molecule has 4 heteroatoms. The van der Waals surface area contributed by atoms with Gasteiger partial charge in [-0.05, 0) is 33.1 Å². The van der Waals surface area contributed by atoms with Gasteiger partial charge in [0.2, 0.25) is 0 Å². The van der Waals surface area contributed by atoms with Crippen molar-refractivity contribution in [1.29, 1.82) is 5.26 Å². The van der Waals surface area contributed by atoms with E-state index in [9.17, 15) is 5.26 Å². The second-order valence-electron chi connectivity index (χ2n) is 9.83. The molecule has 0 bridgehead atoms. The molecule has 3 rings (SSSR count). The van der Waals surface area contributed by atoms with Gasteiger partial charge in [-0.25, -0.2) is 13.2 Å². The summed E-state index contributed by atoms with van der Waals surface area (Å²) in [5.74, 6) is -3.38. The molecular formula is C27H26F3N. The highest BCUT2D eigenvalue weighted by Crippen LogP contribution is 2.39. The number of hydrogen-bond donors (Lipinski definition) is 0. The van der Waals surface area contributed by atoms with Crippen LogP contribution in [0.2, 0.25) is 0 Å². The van der Waals surface area contributed by atoms with Gasteiger partial charge in [0.15, 0.2) is 11.6 Å². The van der Waals surface area contributed by atoms with E-state index in [0.717, 1.165) is 11.1 Å². The number of rotatable bonds is 2. The molecule has 0 saturated carbocycles. The maximum atomic E-state index is 15.6. The molecule has 0 aliphatic rings. The fourth-order valence-corrected chi connectivity index (χ4v) is 3.54. The average molecular weight is 422 g/mol. The maximum absolute atomic E-state index is 15.6. The number of halogens is 3. The predicted octanol–water partition coefficient (Wildman–Crippen LogP) is 7.90. The standard InChI is InChI=1S/C27H26F3N/c1-26(2,3)18-11-7-16(8-12-18)21-23(28)20(15-31)24(29)22(25(21)30)17-9-13-19(14-10-17)27(4,5)6/h7-14H,1-6H3. The van der Waals surface area contributed by atoms with Crippen LogP contribution < -0.4 is 0 Å². The Bertz CT molecular complexity index is 1070. The largest absolute Gasteiger partial charge is 0.205 e. The first kappa shape index (κ1) is 22.6. The Morgan fingerprint density at radius 2 is 0.903 bits per heavy atom. The Hall–Kier alpha value is -3.06. The number of nitrogens with zero attached hydrogens (tertiary/aromatic N) is 1. The molecule has 0 amide bonds. The molecular weight excluding hydrogens is 395 g/mol. The molecule has 0 aliphatic carbocycles. The molecule has 0 N–H and O–H groups in total. The zero-order valence-electron chi connectivity index (χ0n) is 18.7. The average Bonchev–Trinajstić information content (AvgIpc) is 2.68. The maximum Gasteiger partial charge on any atom is 0.154 e. The summed E-state index contributed by atoms with van der Waals surface area (Å²) in [6.07, 6.45) is 0. The summed E-state index contributed by atoms with van der Waals surface area (Å²) >= 11 is 0. The van der Waals surface area contributed by atoms with Crippen LogP contribution in [-0.4, -0.2) is 0 Å². The quantitative estimate of drug-likeness (QED) is 0.412. The van der Waals surface area contributed by atoms with Crippen molar-refractivity contribution in [2.45, 2.75) is 52.4 Å². The van der Waals surface area contributed by atoms with Crippen LogP contribution in [0, 0.1) is 28.8 Å².